The van der Waals surface area contributed by atoms with E-state index in [4.69, 9.17) is 5.73 Å². The van der Waals surface area contributed by atoms with Crippen LogP contribution in [0.4, 0.5) is 0 Å². The summed E-state index contributed by atoms with van der Waals surface area (Å²) in [6.45, 7) is 3.22. The second-order valence-corrected chi connectivity index (χ2v) is 1.15. The summed E-state index contributed by atoms with van der Waals surface area (Å²) >= 11 is 0. The molecule has 0 fully saturated rings. The Kier molecular flexibility index (Phi) is 3.88. The predicted octanol–water partition coefficient (Wildman–Crippen LogP) is -0.00150. The molecule has 1 radical (unpaired) electrons. The second kappa shape index (κ2) is 4.33. The van der Waals surface area contributed by atoms with Crippen LogP contribution in [0.2, 0.25) is 0 Å². The molecular formula is C5H8NO2. The third-order valence-electron chi connectivity index (χ3n) is 0.507. The van der Waals surface area contributed by atoms with E-state index in [0.717, 1.165) is 0 Å². The Morgan fingerprint density at radius 2 is 2.50 bits per heavy atom. The molecule has 0 aromatic carbocycles. The van der Waals surface area contributed by atoms with Crippen molar-refractivity contribution >= 4 is 5.97 Å². The molecule has 0 atom stereocenters. The van der Waals surface area contributed by atoms with Gasteiger partial charge in [0, 0.05) is 0 Å². The molecule has 3 heteroatoms. The maximum atomic E-state index is 10.1. The number of hydrogen-bond donors (Lipinski definition) is 0. The lowest BCUT2D eigenvalue weighted by Crippen LogP contribution is -2.09. The molecule has 8 heavy (non-hydrogen) atoms. The summed E-state index contributed by atoms with van der Waals surface area (Å²) in [5.41, 5.74) is 6.48. The first-order valence-corrected chi connectivity index (χ1v) is 2.22. The molecular weight excluding hydrogens is 106 g/mol. The molecule has 0 aliphatic heterocycles. The van der Waals surface area contributed by atoms with E-state index in [1.54, 1.807) is 0 Å². The molecule has 3 nitrogen and oxygen atoms in total. The summed E-state index contributed by atoms with van der Waals surface area (Å²) in [5.74, 6) is -0.509. The second-order valence-electron chi connectivity index (χ2n) is 1.15. The molecule has 0 spiro atoms. The summed E-state index contributed by atoms with van der Waals surface area (Å²) in [6, 6.07) is 0. The summed E-state index contributed by atoms with van der Waals surface area (Å²) < 4.78 is 4.40. The van der Waals surface area contributed by atoms with Crippen LogP contribution in [-0.2, 0) is 9.53 Å². The van der Waals surface area contributed by atoms with Gasteiger partial charge in [-0.3, -0.25) is 4.79 Å². The molecule has 0 amide bonds. The fourth-order valence-corrected chi connectivity index (χ4v) is 0.203. The van der Waals surface area contributed by atoms with Gasteiger partial charge in [0.15, 0.2) is 0 Å². The van der Waals surface area contributed by atoms with E-state index in [-0.39, 0.29) is 13.2 Å². The Morgan fingerprint density at radius 3 is 2.88 bits per heavy atom. The van der Waals surface area contributed by atoms with Crippen molar-refractivity contribution in [1.29, 1.82) is 0 Å². The van der Waals surface area contributed by atoms with E-state index in [2.05, 4.69) is 11.3 Å². The van der Waals surface area contributed by atoms with Crippen molar-refractivity contribution in [3.8, 4) is 0 Å². The summed E-state index contributed by atoms with van der Waals surface area (Å²) in [4.78, 5) is 10.1. The Bertz CT molecular complexity index is 90.4. The number of rotatable bonds is 3. The highest BCUT2D eigenvalue weighted by Gasteiger charge is 1.93. The van der Waals surface area contributed by atoms with Crippen molar-refractivity contribution in [2.24, 2.45) is 0 Å². The molecule has 0 heterocycles. The first-order chi connectivity index (χ1) is 3.81. The van der Waals surface area contributed by atoms with E-state index in [9.17, 15) is 4.79 Å². The SMILES string of the molecule is C=CCOC(=O)C[NH]. The standard InChI is InChI=1S/C5H8NO2/c1-2-3-8-5(7)4-6/h2,6H,1,3-4H2. The Balaban J connectivity index is 3.11. The Morgan fingerprint density at radius 1 is 1.88 bits per heavy atom. The van der Waals surface area contributed by atoms with Gasteiger partial charge in [-0.1, -0.05) is 12.7 Å². The van der Waals surface area contributed by atoms with Crippen LogP contribution in [0.3, 0.4) is 0 Å². The largest absolute Gasteiger partial charge is 0.460 e. The number of ether oxygens (including phenoxy) is 1. The fraction of sp³-hybridized carbons (Fsp3) is 0.400. The van der Waals surface area contributed by atoms with Gasteiger partial charge in [-0.05, 0) is 0 Å². The molecule has 0 aliphatic rings. The summed E-state index contributed by atoms with van der Waals surface area (Å²) in [7, 11) is 0. The minimum Gasteiger partial charge on any atom is -0.460 e. The smallest absolute Gasteiger partial charge is 0.321 e. The lowest BCUT2D eigenvalue weighted by molar-refractivity contribution is -0.140. The van der Waals surface area contributed by atoms with E-state index in [1.165, 1.54) is 6.08 Å². The topological polar surface area (TPSA) is 50.1 Å². The quantitative estimate of drug-likeness (QED) is 0.383. The molecule has 45 valence electrons. The van der Waals surface area contributed by atoms with Crippen molar-refractivity contribution in [3.63, 3.8) is 0 Å². The van der Waals surface area contributed by atoms with Crippen LogP contribution in [0.5, 0.6) is 0 Å². The monoisotopic (exact) mass is 114 g/mol. The number of esters is 1. The van der Waals surface area contributed by atoms with Crippen LogP contribution < -0.4 is 5.73 Å². The molecule has 1 N–H and O–H groups in total. The highest BCUT2D eigenvalue weighted by atomic mass is 16.5. The molecule has 0 aromatic heterocycles. The first-order valence-electron chi connectivity index (χ1n) is 2.22. The Labute approximate surface area is 48.1 Å². The van der Waals surface area contributed by atoms with E-state index >= 15 is 0 Å². The van der Waals surface area contributed by atoms with Gasteiger partial charge < -0.3 is 4.74 Å². The van der Waals surface area contributed by atoms with E-state index in [0.29, 0.717) is 0 Å². The molecule has 0 rings (SSSR count). The van der Waals surface area contributed by atoms with Crippen LogP contribution in [0.1, 0.15) is 0 Å². The van der Waals surface area contributed by atoms with Crippen LogP contribution in [0.15, 0.2) is 12.7 Å². The van der Waals surface area contributed by atoms with Crippen LogP contribution >= 0.6 is 0 Å². The van der Waals surface area contributed by atoms with Crippen molar-refractivity contribution in [2.75, 3.05) is 13.2 Å². The number of carbonyl (C=O) groups is 1. The van der Waals surface area contributed by atoms with Crippen LogP contribution in [0.25, 0.3) is 0 Å². The van der Waals surface area contributed by atoms with Gasteiger partial charge in [0.1, 0.15) is 13.2 Å². The van der Waals surface area contributed by atoms with E-state index in [1.807, 2.05) is 0 Å². The van der Waals surface area contributed by atoms with Crippen LogP contribution in [0, 0.1) is 0 Å². The van der Waals surface area contributed by atoms with Crippen molar-refractivity contribution < 1.29 is 9.53 Å². The average molecular weight is 114 g/mol. The maximum Gasteiger partial charge on any atom is 0.321 e. The average Bonchev–Trinajstić information content (AvgIpc) is 1.83. The first kappa shape index (κ1) is 7.17. The van der Waals surface area contributed by atoms with Gasteiger partial charge >= 0.3 is 5.97 Å². The normalized spacial score (nSPS) is 8.12. The third-order valence-corrected chi connectivity index (χ3v) is 0.507. The molecule has 0 saturated carbocycles. The molecule has 0 unspecified atom stereocenters. The van der Waals surface area contributed by atoms with Gasteiger partial charge in [0.05, 0.1) is 0 Å². The zero-order valence-corrected chi connectivity index (χ0v) is 4.52. The minimum absolute atomic E-state index is 0.206. The number of nitrogens with one attached hydrogen (secondary N) is 1. The van der Waals surface area contributed by atoms with Gasteiger partial charge in [-0.15, -0.1) is 0 Å². The van der Waals surface area contributed by atoms with E-state index < -0.39 is 5.97 Å². The highest BCUT2D eigenvalue weighted by molar-refractivity contribution is 5.71. The van der Waals surface area contributed by atoms with Gasteiger partial charge in [-0.25, -0.2) is 5.73 Å². The maximum absolute atomic E-state index is 10.1. The molecule has 0 bridgehead atoms. The summed E-state index contributed by atoms with van der Waals surface area (Å²) in [5, 5.41) is 0. The zero-order valence-electron chi connectivity index (χ0n) is 4.52. The highest BCUT2D eigenvalue weighted by Crippen LogP contribution is 1.74. The lowest BCUT2D eigenvalue weighted by Gasteiger charge is -1.94. The number of hydrogen-bond acceptors (Lipinski definition) is 2. The predicted molar refractivity (Wildman–Crippen MR) is 29.1 cm³/mol. The fourth-order valence-electron chi connectivity index (χ4n) is 0.203. The number of carbonyl (C=O) groups excluding carboxylic acids is 1. The molecule has 0 aliphatic carbocycles. The van der Waals surface area contributed by atoms with Gasteiger partial charge in [0.25, 0.3) is 0 Å². The minimum atomic E-state index is -0.509. The molecule has 0 aromatic rings. The van der Waals surface area contributed by atoms with Crippen molar-refractivity contribution in [1.82, 2.24) is 5.73 Å². The Hall–Kier alpha value is -0.830. The summed E-state index contributed by atoms with van der Waals surface area (Å²) in [6.07, 6.45) is 1.47. The molecule has 0 saturated heterocycles. The van der Waals surface area contributed by atoms with Crippen molar-refractivity contribution in [2.45, 2.75) is 0 Å². The third kappa shape index (κ3) is 3.36. The van der Waals surface area contributed by atoms with Crippen molar-refractivity contribution in [3.05, 3.63) is 12.7 Å². The lowest BCUT2D eigenvalue weighted by atomic mass is 10.6. The van der Waals surface area contributed by atoms with Gasteiger partial charge in [0.2, 0.25) is 0 Å². The van der Waals surface area contributed by atoms with Crippen LogP contribution in [-0.4, -0.2) is 19.1 Å². The zero-order chi connectivity index (χ0) is 6.41. The van der Waals surface area contributed by atoms with Gasteiger partial charge in [-0.2, -0.15) is 0 Å².